The number of imidazole rings is 1. The maximum Gasteiger partial charge on any atom is 0.123 e. The van der Waals surface area contributed by atoms with Crippen molar-refractivity contribution in [3.63, 3.8) is 0 Å². The van der Waals surface area contributed by atoms with Crippen molar-refractivity contribution in [1.82, 2.24) is 15.3 Å². The molecule has 0 aliphatic rings. The Morgan fingerprint density at radius 1 is 1.41 bits per heavy atom. The quantitative estimate of drug-likeness (QED) is 0.777. The van der Waals surface area contributed by atoms with Crippen LogP contribution in [0.25, 0.3) is 0 Å². The molecular weight excluding hydrogens is 217 g/mol. The number of benzene rings is 1. The Kier molecular flexibility index (Phi) is 3.88. The molecule has 0 saturated carbocycles. The van der Waals surface area contributed by atoms with Crippen molar-refractivity contribution in [1.29, 1.82) is 0 Å². The zero-order chi connectivity index (χ0) is 12.1. The van der Waals surface area contributed by atoms with Crippen molar-refractivity contribution in [3.05, 3.63) is 53.4 Å². The highest BCUT2D eigenvalue weighted by Crippen LogP contribution is 2.04. The summed E-state index contributed by atoms with van der Waals surface area (Å²) in [6.45, 7) is 3.55. The van der Waals surface area contributed by atoms with E-state index in [0.717, 1.165) is 36.5 Å². The molecule has 0 saturated heterocycles. The van der Waals surface area contributed by atoms with Gasteiger partial charge in [-0.25, -0.2) is 9.37 Å². The summed E-state index contributed by atoms with van der Waals surface area (Å²) >= 11 is 0. The Hall–Kier alpha value is -1.68. The third-order valence-corrected chi connectivity index (χ3v) is 2.71. The van der Waals surface area contributed by atoms with Gasteiger partial charge >= 0.3 is 0 Å². The van der Waals surface area contributed by atoms with Gasteiger partial charge in [0, 0.05) is 12.2 Å². The smallest absolute Gasteiger partial charge is 0.123 e. The number of hydrogen-bond donors (Lipinski definition) is 2. The monoisotopic (exact) mass is 233 g/mol. The predicted octanol–water partition coefficient (Wildman–Crippen LogP) is 2.19. The number of aryl methyl sites for hydroxylation is 1. The summed E-state index contributed by atoms with van der Waals surface area (Å²) in [5.74, 6) is -0.175. The first kappa shape index (κ1) is 11.8. The van der Waals surface area contributed by atoms with E-state index in [1.807, 2.05) is 13.0 Å². The van der Waals surface area contributed by atoms with Gasteiger partial charge in [0.2, 0.25) is 0 Å². The van der Waals surface area contributed by atoms with E-state index in [9.17, 15) is 4.39 Å². The minimum absolute atomic E-state index is 0.175. The van der Waals surface area contributed by atoms with E-state index < -0.39 is 0 Å². The summed E-state index contributed by atoms with van der Waals surface area (Å²) < 4.78 is 12.9. The average Bonchev–Trinajstić information content (AvgIpc) is 2.71. The SMILES string of the molecule is Cc1[nH]cnc1CNCCc1cccc(F)c1. The van der Waals surface area contributed by atoms with Crippen LogP contribution < -0.4 is 5.32 Å². The molecule has 0 amide bonds. The lowest BCUT2D eigenvalue weighted by Gasteiger charge is -2.04. The molecule has 0 spiro atoms. The molecule has 17 heavy (non-hydrogen) atoms. The fourth-order valence-corrected chi connectivity index (χ4v) is 1.70. The number of halogens is 1. The third kappa shape index (κ3) is 3.39. The van der Waals surface area contributed by atoms with Crippen molar-refractivity contribution in [2.75, 3.05) is 6.54 Å². The molecule has 0 atom stereocenters. The van der Waals surface area contributed by atoms with E-state index in [2.05, 4.69) is 15.3 Å². The van der Waals surface area contributed by atoms with Gasteiger partial charge < -0.3 is 10.3 Å². The second-order valence-corrected chi connectivity index (χ2v) is 4.03. The topological polar surface area (TPSA) is 40.7 Å². The van der Waals surface area contributed by atoms with Crippen LogP contribution in [0.4, 0.5) is 4.39 Å². The van der Waals surface area contributed by atoms with Crippen molar-refractivity contribution < 1.29 is 4.39 Å². The number of nitrogens with zero attached hydrogens (tertiary/aromatic N) is 1. The third-order valence-electron chi connectivity index (χ3n) is 2.71. The normalized spacial score (nSPS) is 10.7. The van der Waals surface area contributed by atoms with Crippen molar-refractivity contribution in [2.24, 2.45) is 0 Å². The molecule has 0 aliphatic heterocycles. The van der Waals surface area contributed by atoms with Gasteiger partial charge in [-0.05, 0) is 37.6 Å². The van der Waals surface area contributed by atoms with Crippen LogP contribution in [-0.4, -0.2) is 16.5 Å². The van der Waals surface area contributed by atoms with Gasteiger partial charge in [-0.2, -0.15) is 0 Å². The Labute approximate surface area is 100 Å². The molecular formula is C13H16FN3. The molecule has 0 aliphatic carbocycles. The van der Waals surface area contributed by atoms with Gasteiger partial charge in [0.15, 0.2) is 0 Å². The summed E-state index contributed by atoms with van der Waals surface area (Å²) in [4.78, 5) is 7.23. The summed E-state index contributed by atoms with van der Waals surface area (Å²) in [5.41, 5.74) is 3.13. The average molecular weight is 233 g/mol. The highest BCUT2D eigenvalue weighted by molar-refractivity contribution is 5.16. The number of aromatic amines is 1. The lowest BCUT2D eigenvalue weighted by atomic mass is 10.1. The van der Waals surface area contributed by atoms with Gasteiger partial charge in [-0.1, -0.05) is 12.1 Å². The molecule has 0 bridgehead atoms. The summed E-state index contributed by atoms with van der Waals surface area (Å²) in [6.07, 6.45) is 2.51. The molecule has 0 radical (unpaired) electrons. The standard InChI is InChI=1S/C13H16FN3/c1-10-13(17-9-16-10)8-15-6-5-11-3-2-4-12(14)7-11/h2-4,7,9,15H,5-6,8H2,1H3,(H,16,17). The number of nitrogens with one attached hydrogen (secondary N) is 2. The molecule has 2 aromatic rings. The maximum absolute atomic E-state index is 12.9. The number of aromatic nitrogens is 2. The van der Waals surface area contributed by atoms with Crippen LogP contribution in [0.5, 0.6) is 0 Å². The highest BCUT2D eigenvalue weighted by atomic mass is 19.1. The summed E-state index contributed by atoms with van der Waals surface area (Å²) in [5, 5.41) is 3.29. The van der Waals surface area contributed by atoms with Gasteiger partial charge in [-0.15, -0.1) is 0 Å². The lowest BCUT2D eigenvalue weighted by Crippen LogP contribution is -2.17. The van der Waals surface area contributed by atoms with E-state index >= 15 is 0 Å². The van der Waals surface area contributed by atoms with E-state index in [-0.39, 0.29) is 5.82 Å². The molecule has 3 nitrogen and oxygen atoms in total. The molecule has 2 rings (SSSR count). The Morgan fingerprint density at radius 3 is 3.00 bits per heavy atom. The molecule has 1 aromatic carbocycles. The van der Waals surface area contributed by atoms with Crippen molar-refractivity contribution in [2.45, 2.75) is 19.9 Å². The van der Waals surface area contributed by atoms with Gasteiger partial charge in [0.05, 0.1) is 12.0 Å². The fraction of sp³-hybridized carbons (Fsp3) is 0.308. The number of H-pyrrole nitrogens is 1. The second kappa shape index (κ2) is 5.59. The van der Waals surface area contributed by atoms with Crippen molar-refractivity contribution in [3.8, 4) is 0 Å². The molecule has 90 valence electrons. The first-order valence-corrected chi connectivity index (χ1v) is 5.70. The largest absolute Gasteiger partial charge is 0.348 e. The minimum atomic E-state index is -0.175. The van der Waals surface area contributed by atoms with Crippen molar-refractivity contribution >= 4 is 0 Å². The number of hydrogen-bond acceptors (Lipinski definition) is 2. The molecule has 1 aromatic heterocycles. The second-order valence-electron chi connectivity index (χ2n) is 4.03. The van der Waals surface area contributed by atoms with Crippen LogP contribution >= 0.6 is 0 Å². The highest BCUT2D eigenvalue weighted by Gasteiger charge is 2.00. The van der Waals surface area contributed by atoms with E-state index in [4.69, 9.17) is 0 Å². The van der Waals surface area contributed by atoms with E-state index in [1.54, 1.807) is 18.5 Å². The predicted molar refractivity (Wildman–Crippen MR) is 65.1 cm³/mol. The first-order valence-electron chi connectivity index (χ1n) is 5.70. The molecule has 2 N–H and O–H groups in total. The van der Waals surface area contributed by atoms with Crippen LogP contribution in [-0.2, 0) is 13.0 Å². The van der Waals surface area contributed by atoms with Crippen LogP contribution in [0.2, 0.25) is 0 Å². The van der Waals surface area contributed by atoms with Crippen LogP contribution in [0.15, 0.2) is 30.6 Å². The van der Waals surface area contributed by atoms with Gasteiger partial charge in [0.25, 0.3) is 0 Å². The zero-order valence-electron chi connectivity index (χ0n) is 9.83. The lowest BCUT2D eigenvalue weighted by molar-refractivity contribution is 0.622. The van der Waals surface area contributed by atoms with Gasteiger partial charge in [-0.3, -0.25) is 0 Å². The zero-order valence-corrected chi connectivity index (χ0v) is 9.83. The van der Waals surface area contributed by atoms with E-state index in [1.165, 1.54) is 6.07 Å². The molecule has 0 fully saturated rings. The Bertz CT molecular complexity index is 479. The van der Waals surface area contributed by atoms with Crippen LogP contribution in [0.1, 0.15) is 17.0 Å². The van der Waals surface area contributed by atoms with Gasteiger partial charge in [0.1, 0.15) is 5.82 Å². The maximum atomic E-state index is 12.9. The minimum Gasteiger partial charge on any atom is -0.348 e. The number of rotatable bonds is 5. The molecule has 0 unspecified atom stereocenters. The van der Waals surface area contributed by atoms with E-state index in [0.29, 0.717) is 0 Å². The fourth-order valence-electron chi connectivity index (χ4n) is 1.70. The van der Waals surface area contributed by atoms with Crippen LogP contribution in [0, 0.1) is 12.7 Å². The Morgan fingerprint density at radius 2 is 2.29 bits per heavy atom. The first-order chi connectivity index (χ1) is 8.25. The summed E-state index contributed by atoms with van der Waals surface area (Å²) in [6, 6.07) is 6.71. The summed E-state index contributed by atoms with van der Waals surface area (Å²) in [7, 11) is 0. The Balaban J connectivity index is 1.75. The van der Waals surface area contributed by atoms with Crippen LogP contribution in [0.3, 0.4) is 0 Å². The molecule has 4 heteroatoms. The molecule has 1 heterocycles.